The number of epoxide rings is 1. The molecule has 4 N–H and O–H groups in total. The van der Waals surface area contributed by atoms with Gasteiger partial charge in [-0.3, -0.25) is 0 Å². The smallest absolute Gasteiger partial charge is 0.0860 e. The molecule has 0 aromatic heterocycles. The number of aliphatic hydroxyl groups excluding tert-OH is 1. The number of hydrogen-bond donors (Lipinski definition) is 4. The van der Waals surface area contributed by atoms with Crippen LogP contribution in [0.4, 0.5) is 0 Å². The van der Waals surface area contributed by atoms with E-state index >= 15 is 0 Å². The highest BCUT2D eigenvalue weighted by molar-refractivity contribution is 5.28. The molecule has 0 unspecified atom stereocenters. The molecule has 56 heavy (non-hydrogen) atoms. The topological polar surface area (TPSA) is 103 Å². The largest absolute Gasteiger partial charge is 0.396 e. The van der Waals surface area contributed by atoms with Gasteiger partial charge in [-0.05, 0) is 213 Å². The fraction of sp³-hybridized carbons (Fsp3) is 0.920. The molecular formula is C50H84O6. The van der Waals surface area contributed by atoms with E-state index in [9.17, 15) is 20.4 Å². The number of allylic oxidation sites excluding steroid dienone is 2. The second kappa shape index (κ2) is 15.0. The summed E-state index contributed by atoms with van der Waals surface area (Å²) in [6, 6.07) is 0. The molecule has 0 bridgehead atoms. The summed E-state index contributed by atoms with van der Waals surface area (Å²) in [7, 11) is 0. The van der Waals surface area contributed by atoms with E-state index in [0.29, 0.717) is 46.7 Å². The minimum absolute atomic E-state index is 0.250. The first-order valence-corrected chi connectivity index (χ1v) is 23.3. The van der Waals surface area contributed by atoms with Crippen molar-refractivity contribution in [2.75, 3.05) is 26.4 Å². The monoisotopic (exact) mass is 781 g/mol. The van der Waals surface area contributed by atoms with E-state index < -0.39 is 16.8 Å². The summed E-state index contributed by atoms with van der Waals surface area (Å²) in [6.07, 6.45) is 23.8. The molecule has 1 saturated heterocycles. The molecule has 0 radical (unpaired) electrons. The zero-order chi connectivity index (χ0) is 40.7. The van der Waals surface area contributed by atoms with Crippen molar-refractivity contribution in [1.29, 1.82) is 0 Å². The normalized spacial score (nSPS) is 49.8. The van der Waals surface area contributed by atoms with Crippen molar-refractivity contribution in [3.05, 3.63) is 23.3 Å². The maximum Gasteiger partial charge on any atom is 0.0860 e. The molecule has 0 spiro atoms. The molecule has 6 saturated carbocycles. The number of hydrogen-bond acceptors (Lipinski definition) is 6. The summed E-state index contributed by atoms with van der Waals surface area (Å²) in [5.74, 6) is 5.96. The maximum atomic E-state index is 10.6. The Bertz CT molecular complexity index is 1480. The number of aliphatic hydroxyl groups is 4. The van der Waals surface area contributed by atoms with Gasteiger partial charge in [0, 0.05) is 6.61 Å². The lowest BCUT2D eigenvalue weighted by molar-refractivity contribution is -0.0831. The van der Waals surface area contributed by atoms with Gasteiger partial charge in [0.15, 0.2) is 0 Å². The Morgan fingerprint density at radius 1 is 0.643 bits per heavy atom. The molecule has 7 fully saturated rings. The van der Waals surface area contributed by atoms with Gasteiger partial charge in [0.2, 0.25) is 0 Å². The van der Waals surface area contributed by atoms with Crippen LogP contribution in [-0.2, 0) is 9.47 Å². The number of fused-ring (bicyclic) bond motifs is 10. The van der Waals surface area contributed by atoms with Crippen LogP contribution in [0.25, 0.3) is 0 Å². The van der Waals surface area contributed by atoms with E-state index in [0.717, 1.165) is 87.2 Å². The lowest BCUT2D eigenvalue weighted by Gasteiger charge is -2.59. The molecular weight excluding hydrogens is 697 g/mol. The van der Waals surface area contributed by atoms with Crippen LogP contribution < -0.4 is 0 Å². The summed E-state index contributed by atoms with van der Waals surface area (Å²) in [4.78, 5) is 0. The summed E-state index contributed by atoms with van der Waals surface area (Å²) >= 11 is 0. The fourth-order valence-electron chi connectivity index (χ4n) is 15.0. The van der Waals surface area contributed by atoms with Gasteiger partial charge in [-0.1, -0.05) is 51.0 Å². The second-order valence-corrected chi connectivity index (χ2v) is 24.1. The summed E-state index contributed by atoms with van der Waals surface area (Å²) in [6.45, 7) is 24.4. The van der Waals surface area contributed by atoms with Crippen molar-refractivity contribution in [2.24, 2.45) is 69.0 Å². The third-order valence-electron chi connectivity index (χ3n) is 18.9. The third-order valence-corrected chi connectivity index (χ3v) is 18.9. The molecule has 320 valence electrons. The van der Waals surface area contributed by atoms with Gasteiger partial charge in [-0.15, -0.1) is 0 Å². The Kier molecular flexibility index (Phi) is 11.6. The predicted octanol–water partition coefficient (Wildman–Crippen LogP) is 10.2. The Hall–Kier alpha value is -0.760. The first-order valence-electron chi connectivity index (χ1n) is 23.3. The van der Waals surface area contributed by atoms with E-state index in [1.165, 1.54) is 64.2 Å². The number of ether oxygens (including phenoxy) is 2. The van der Waals surface area contributed by atoms with Crippen molar-refractivity contribution in [3.8, 4) is 0 Å². The second-order valence-electron chi connectivity index (χ2n) is 24.1. The van der Waals surface area contributed by atoms with Gasteiger partial charge in [0.1, 0.15) is 0 Å². The van der Waals surface area contributed by atoms with Gasteiger partial charge in [-0.2, -0.15) is 0 Å². The zero-order valence-electron chi connectivity index (χ0n) is 37.5. The van der Waals surface area contributed by atoms with Gasteiger partial charge in [0.05, 0.1) is 42.2 Å². The Labute approximate surface area is 342 Å². The fourth-order valence-corrected chi connectivity index (χ4v) is 15.0. The van der Waals surface area contributed by atoms with Crippen LogP contribution in [0.15, 0.2) is 23.3 Å². The lowest BCUT2D eigenvalue weighted by atomic mass is 9.47. The van der Waals surface area contributed by atoms with Gasteiger partial charge >= 0.3 is 0 Å². The third kappa shape index (κ3) is 8.18. The van der Waals surface area contributed by atoms with Crippen LogP contribution in [0.1, 0.15) is 172 Å². The van der Waals surface area contributed by atoms with Crippen molar-refractivity contribution in [2.45, 2.75) is 194 Å². The quantitative estimate of drug-likeness (QED) is 0.164. The van der Waals surface area contributed by atoms with Crippen LogP contribution in [0.3, 0.4) is 0 Å². The van der Waals surface area contributed by atoms with Gasteiger partial charge < -0.3 is 29.9 Å². The summed E-state index contributed by atoms with van der Waals surface area (Å²) in [5, 5.41) is 40.9. The van der Waals surface area contributed by atoms with Crippen molar-refractivity contribution in [3.63, 3.8) is 0 Å². The summed E-state index contributed by atoms with van der Waals surface area (Å²) < 4.78 is 10.9. The van der Waals surface area contributed by atoms with Crippen molar-refractivity contribution in [1.82, 2.24) is 0 Å². The minimum Gasteiger partial charge on any atom is -0.396 e. The predicted molar refractivity (Wildman–Crippen MR) is 226 cm³/mol. The lowest BCUT2D eigenvalue weighted by Crippen LogP contribution is -2.52. The maximum absolute atomic E-state index is 10.6. The highest BCUT2D eigenvalue weighted by Gasteiger charge is 2.60. The molecule has 0 aromatic rings. The molecule has 6 nitrogen and oxygen atoms in total. The molecule has 9 aliphatic rings. The molecule has 1 aliphatic heterocycles. The van der Waals surface area contributed by atoms with Crippen LogP contribution in [0, 0.1) is 69.0 Å². The first kappa shape index (κ1) is 43.3. The highest BCUT2D eigenvalue weighted by atomic mass is 16.6. The Morgan fingerprint density at radius 3 is 1.48 bits per heavy atom. The molecule has 8 aliphatic carbocycles. The zero-order valence-corrected chi connectivity index (χ0v) is 37.5. The molecule has 6 heteroatoms. The average molecular weight is 781 g/mol. The van der Waals surface area contributed by atoms with Crippen LogP contribution in [-0.4, -0.2) is 69.3 Å². The molecule has 0 aromatic carbocycles. The van der Waals surface area contributed by atoms with Gasteiger partial charge in [-0.25, -0.2) is 0 Å². The van der Waals surface area contributed by atoms with E-state index in [-0.39, 0.29) is 5.60 Å². The standard InChI is InChI=1S/C25H42O3.C21H34O2.C4H8O/c1-22(2,26)16-28-15-18-7-9-20-19-8-6-17-14-23(3,27)12-13-25(17,5)21(19)10-11-24(18,20)4;1-19(23)10-11-21(3)14(12-19)4-6-16-17-7-5-15(13-22)20(17,2)9-8-18(16)21;1-4(2)3-5-4/h6,18-21,26-27H,7-16H2,1-5H3;4,15-18,22-23H,5-13H2,1-3H3;3H2,1-2H3/t18-,19+,20+,21+,23+,24-,25+;15-,16+,17+,18+,19+,20-,21+;/m11./s1. The Morgan fingerprint density at radius 2 is 1.07 bits per heavy atom. The van der Waals surface area contributed by atoms with Crippen molar-refractivity contribution >= 4 is 0 Å². The van der Waals surface area contributed by atoms with E-state index in [1.54, 1.807) is 11.1 Å². The van der Waals surface area contributed by atoms with Crippen LogP contribution >= 0.6 is 0 Å². The molecule has 9 rings (SSSR count). The Balaban J connectivity index is 0.000000154. The number of rotatable bonds is 5. The molecule has 0 amide bonds. The first-order chi connectivity index (χ1) is 26.0. The molecule has 1 heterocycles. The highest BCUT2D eigenvalue weighted by Crippen LogP contribution is 2.68. The van der Waals surface area contributed by atoms with Crippen LogP contribution in [0.2, 0.25) is 0 Å². The molecule has 14 atom stereocenters. The summed E-state index contributed by atoms with van der Waals surface area (Å²) in [5.41, 5.74) is 3.02. The van der Waals surface area contributed by atoms with E-state index in [1.807, 2.05) is 27.7 Å². The average Bonchev–Trinajstić information content (AvgIpc) is 3.53. The SMILES string of the molecule is CC(C)(O)COC[C@H]1CC[C@H]2[C@@H]3CC=C4C[C@@](C)(O)CC[C@]4(C)[C@H]3CC[C@]12C.CC1(C)CO1.C[C@]1(O)CC[C@@]2(C)C(=CC[C@H]3[C@@H]4CC[C@H](CO)[C@@]4(C)CC[C@@H]32)C1. The minimum atomic E-state index is -0.738. The van der Waals surface area contributed by atoms with Gasteiger partial charge in [0.25, 0.3) is 0 Å². The van der Waals surface area contributed by atoms with Crippen LogP contribution in [0.5, 0.6) is 0 Å². The van der Waals surface area contributed by atoms with E-state index in [2.05, 4.69) is 53.7 Å². The van der Waals surface area contributed by atoms with E-state index in [4.69, 9.17) is 9.47 Å². The van der Waals surface area contributed by atoms with Crippen molar-refractivity contribution < 1.29 is 29.9 Å².